The number of amides is 1. The smallest absolute Gasteiger partial charge is 0.240 e. The number of rotatable bonds is 6. The summed E-state index contributed by atoms with van der Waals surface area (Å²) in [6.45, 7) is 7.89. The Morgan fingerprint density at radius 2 is 1.83 bits per heavy atom. The highest BCUT2D eigenvalue weighted by Gasteiger charge is 2.21. The van der Waals surface area contributed by atoms with E-state index in [1.165, 1.54) is 38.5 Å². The van der Waals surface area contributed by atoms with Crippen molar-refractivity contribution in [3.63, 3.8) is 0 Å². The molecule has 1 aliphatic heterocycles. The zero-order valence-electron chi connectivity index (χ0n) is 14.7. The minimum atomic E-state index is 0.0327. The Morgan fingerprint density at radius 3 is 2.54 bits per heavy atom. The molecule has 0 spiro atoms. The molecule has 1 aliphatic carbocycles. The lowest BCUT2D eigenvalue weighted by molar-refractivity contribution is -0.117. The van der Waals surface area contributed by atoms with E-state index in [2.05, 4.69) is 32.2 Å². The molecule has 1 aromatic heterocycles. The summed E-state index contributed by atoms with van der Waals surface area (Å²) in [5.74, 6) is 0.582. The average Bonchev–Trinajstić information content (AvgIpc) is 3.06. The second-order valence-electron chi connectivity index (χ2n) is 6.95. The number of carbonyl (C=O) groups is 1. The van der Waals surface area contributed by atoms with Crippen LogP contribution in [0.4, 0.5) is 5.13 Å². The minimum Gasteiger partial charge on any atom is -0.301 e. The van der Waals surface area contributed by atoms with Crippen molar-refractivity contribution in [1.82, 2.24) is 20.0 Å². The summed E-state index contributed by atoms with van der Waals surface area (Å²) < 4.78 is 0. The van der Waals surface area contributed by atoms with E-state index in [-0.39, 0.29) is 5.91 Å². The topological polar surface area (TPSA) is 61.4 Å². The summed E-state index contributed by atoms with van der Waals surface area (Å²) in [4.78, 5) is 16.9. The number of nitrogens with zero attached hydrogens (tertiary/aromatic N) is 4. The molecule has 2 fully saturated rings. The molecule has 1 saturated heterocycles. The molecule has 3 rings (SSSR count). The Balaban J connectivity index is 1.43. The minimum absolute atomic E-state index is 0.0327. The van der Waals surface area contributed by atoms with Crippen LogP contribution < -0.4 is 5.32 Å². The second kappa shape index (κ2) is 8.87. The Labute approximate surface area is 148 Å². The fraction of sp³-hybridized carbons (Fsp3) is 0.824. The maximum atomic E-state index is 12.2. The Hall–Kier alpha value is -1.05. The summed E-state index contributed by atoms with van der Waals surface area (Å²) in [6, 6.07) is 0. The zero-order chi connectivity index (χ0) is 16.8. The second-order valence-corrected chi connectivity index (χ2v) is 7.96. The Bertz CT molecular complexity index is 521. The fourth-order valence-electron chi connectivity index (χ4n) is 3.65. The van der Waals surface area contributed by atoms with E-state index >= 15 is 0 Å². The summed E-state index contributed by atoms with van der Waals surface area (Å²) in [7, 11) is 0. The van der Waals surface area contributed by atoms with Gasteiger partial charge in [0, 0.05) is 32.1 Å². The lowest BCUT2D eigenvalue weighted by Gasteiger charge is -2.33. The maximum absolute atomic E-state index is 12.2. The van der Waals surface area contributed by atoms with Crippen LogP contribution in [-0.4, -0.2) is 65.2 Å². The van der Waals surface area contributed by atoms with Crippen LogP contribution in [0.3, 0.4) is 0 Å². The first-order valence-electron chi connectivity index (χ1n) is 9.32. The van der Waals surface area contributed by atoms with Crippen LogP contribution in [-0.2, 0) is 4.79 Å². The predicted molar refractivity (Wildman–Crippen MR) is 97.5 cm³/mol. The Kier molecular flexibility index (Phi) is 6.57. The molecular weight excluding hydrogens is 322 g/mol. The van der Waals surface area contributed by atoms with Gasteiger partial charge in [-0.3, -0.25) is 15.0 Å². The van der Waals surface area contributed by atoms with Gasteiger partial charge in [-0.15, -0.1) is 10.2 Å². The van der Waals surface area contributed by atoms with Crippen LogP contribution in [0.5, 0.6) is 0 Å². The van der Waals surface area contributed by atoms with E-state index in [9.17, 15) is 4.79 Å². The standard InChI is InChI=1S/C17H29N5OS/c1-2-8-21-9-11-22(12-10-21)13-15(23)18-17-20-19-16(24-17)14-6-4-3-5-7-14/h14H,2-13H2,1H3,(H,18,20,23). The zero-order valence-corrected chi connectivity index (χ0v) is 15.5. The molecule has 2 aliphatic rings. The van der Waals surface area contributed by atoms with E-state index in [1.807, 2.05) is 0 Å². The number of hydrogen-bond acceptors (Lipinski definition) is 6. The molecule has 134 valence electrons. The van der Waals surface area contributed by atoms with Crippen LogP contribution in [0, 0.1) is 0 Å². The molecule has 24 heavy (non-hydrogen) atoms. The molecule has 0 unspecified atom stereocenters. The van der Waals surface area contributed by atoms with Crippen molar-refractivity contribution in [3.8, 4) is 0 Å². The Morgan fingerprint density at radius 1 is 1.12 bits per heavy atom. The highest BCUT2D eigenvalue weighted by molar-refractivity contribution is 7.15. The van der Waals surface area contributed by atoms with Crippen molar-refractivity contribution in [3.05, 3.63) is 5.01 Å². The first-order chi connectivity index (χ1) is 11.7. The van der Waals surface area contributed by atoms with E-state index < -0.39 is 0 Å². The molecule has 0 bridgehead atoms. The normalized spacial score (nSPS) is 21.0. The van der Waals surface area contributed by atoms with Gasteiger partial charge < -0.3 is 4.90 Å². The van der Waals surface area contributed by atoms with Gasteiger partial charge in [0.2, 0.25) is 11.0 Å². The molecule has 1 aromatic rings. The molecule has 7 heteroatoms. The van der Waals surface area contributed by atoms with Gasteiger partial charge >= 0.3 is 0 Å². The molecule has 1 amide bonds. The SMILES string of the molecule is CCCN1CCN(CC(=O)Nc2nnc(C3CCCCC3)s2)CC1. The van der Waals surface area contributed by atoms with Crippen LogP contribution in [0.1, 0.15) is 56.4 Å². The number of piperazine rings is 1. The largest absolute Gasteiger partial charge is 0.301 e. The van der Waals surface area contributed by atoms with Crippen molar-refractivity contribution in [2.75, 3.05) is 44.6 Å². The van der Waals surface area contributed by atoms with Gasteiger partial charge in [-0.05, 0) is 25.8 Å². The van der Waals surface area contributed by atoms with Crippen molar-refractivity contribution < 1.29 is 4.79 Å². The van der Waals surface area contributed by atoms with E-state index in [4.69, 9.17) is 0 Å². The van der Waals surface area contributed by atoms with E-state index in [0.717, 1.165) is 37.7 Å². The average molecular weight is 352 g/mol. The van der Waals surface area contributed by atoms with Crippen molar-refractivity contribution in [2.45, 2.75) is 51.4 Å². The molecule has 1 saturated carbocycles. The van der Waals surface area contributed by atoms with Crippen molar-refractivity contribution >= 4 is 22.4 Å². The van der Waals surface area contributed by atoms with Crippen LogP contribution in [0.25, 0.3) is 0 Å². The molecule has 2 heterocycles. The number of carbonyl (C=O) groups excluding carboxylic acids is 1. The monoisotopic (exact) mass is 351 g/mol. The van der Waals surface area contributed by atoms with Gasteiger partial charge in [0.15, 0.2) is 0 Å². The summed E-state index contributed by atoms with van der Waals surface area (Å²) in [5, 5.41) is 13.2. The third kappa shape index (κ3) is 4.97. The molecule has 0 atom stereocenters. The van der Waals surface area contributed by atoms with Gasteiger partial charge in [0.25, 0.3) is 0 Å². The van der Waals surface area contributed by atoms with Crippen LogP contribution >= 0.6 is 11.3 Å². The van der Waals surface area contributed by atoms with Gasteiger partial charge in [-0.1, -0.05) is 37.5 Å². The quantitative estimate of drug-likeness (QED) is 0.853. The summed E-state index contributed by atoms with van der Waals surface area (Å²) in [5.41, 5.74) is 0. The highest BCUT2D eigenvalue weighted by atomic mass is 32.1. The number of aromatic nitrogens is 2. The lowest BCUT2D eigenvalue weighted by Crippen LogP contribution is -2.48. The van der Waals surface area contributed by atoms with Crippen LogP contribution in [0.2, 0.25) is 0 Å². The predicted octanol–water partition coefficient (Wildman–Crippen LogP) is 2.55. The third-order valence-electron chi connectivity index (χ3n) is 5.01. The van der Waals surface area contributed by atoms with Gasteiger partial charge in [-0.2, -0.15) is 0 Å². The molecular formula is C17H29N5OS. The number of nitrogens with one attached hydrogen (secondary N) is 1. The first-order valence-corrected chi connectivity index (χ1v) is 10.1. The van der Waals surface area contributed by atoms with Gasteiger partial charge in [-0.25, -0.2) is 0 Å². The van der Waals surface area contributed by atoms with Crippen molar-refractivity contribution in [2.24, 2.45) is 0 Å². The van der Waals surface area contributed by atoms with E-state index in [0.29, 0.717) is 17.6 Å². The number of hydrogen-bond donors (Lipinski definition) is 1. The third-order valence-corrected chi connectivity index (χ3v) is 6.01. The molecule has 0 aromatic carbocycles. The van der Waals surface area contributed by atoms with Crippen LogP contribution in [0.15, 0.2) is 0 Å². The lowest BCUT2D eigenvalue weighted by atomic mass is 9.90. The maximum Gasteiger partial charge on any atom is 0.240 e. The highest BCUT2D eigenvalue weighted by Crippen LogP contribution is 2.35. The first kappa shape index (κ1) is 17.8. The molecule has 6 nitrogen and oxygen atoms in total. The van der Waals surface area contributed by atoms with Gasteiger partial charge in [0.1, 0.15) is 5.01 Å². The summed E-state index contributed by atoms with van der Waals surface area (Å²) >= 11 is 1.56. The fourth-order valence-corrected chi connectivity index (χ4v) is 4.58. The van der Waals surface area contributed by atoms with Gasteiger partial charge in [0.05, 0.1) is 6.54 Å². The van der Waals surface area contributed by atoms with Crippen molar-refractivity contribution in [1.29, 1.82) is 0 Å². The molecule has 0 radical (unpaired) electrons. The number of anilines is 1. The van der Waals surface area contributed by atoms with E-state index in [1.54, 1.807) is 11.3 Å². The summed E-state index contributed by atoms with van der Waals surface area (Å²) in [6.07, 6.45) is 7.53. The molecule has 1 N–H and O–H groups in total.